The van der Waals surface area contributed by atoms with E-state index in [0.29, 0.717) is 6.54 Å². The van der Waals surface area contributed by atoms with E-state index in [-0.39, 0.29) is 23.2 Å². The minimum absolute atomic E-state index is 0.151. The van der Waals surface area contributed by atoms with Crippen molar-refractivity contribution >= 4 is 34.4 Å². The molecule has 2 atom stereocenters. The topological polar surface area (TPSA) is 134 Å². The van der Waals surface area contributed by atoms with Crippen LogP contribution < -0.4 is 11.1 Å². The van der Waals surface area contributed by atoms with Crippen LogP contribution in [-0.2, 0) is 9.59 Å². The van der Waals surface area contributed by atoms with Crippen LogP contribution in [0.1, 0.15) is 41.7 Å². The minimum atomic E-state index is -0.778. The highest BCUT2D eigenvalue weighted by molar-refractivity contribution is 6.39. The lowest BCUT2D eigenvalue weighted by Crippen LogP contribution is -2.46. The van der Waals surface area contributed by atoms with Gasteiger partial charge in [0.05, 0.1) is 40.9 Å². The highest BCUT2D eigenvalue weighted by atomic mass is 16.2. The van der Waals surface area contributed by atoms with Crippen LogP contribution in [0.5, 0.6) is 0 Å². The Balaban J connectivity index is 1.56. The summed E-state index contributed by atoms with van der Waals surface area (Å²) in [6.07, 6.45) is 6.01. The standard InChI is InChI=1S/C21H22N6O3/c1-12-2-5-18(13-3-4-16-17(7-13)25-11-24-16)27(10-12)21(30)20(29)26-15-6-14(19(22)28)8-23-9-15/h3-4,6-9,11-12,18H,2,5,10H2,1H3,(H2,22,28)(H,24,25)(H,26,29)/t12-,18+/m1/s1. The number of H-pyrrole nitrogens is 1. The molecule has 9 heteroatoms. The number of hydrogen-bond donors (Lipinski definition) is 3. The number of hydrogen-bond acceptors (Lipinski definition) is 5. The normalized spacial score (nSPS) is 18.9. The lowest BCUT2D eigenvalue weighted by molar-refractivity contribution is -0.146. The molecule has 0 unspecified atom stereocenters. The predicted octanol–water partition coefficient (Wildman–Crippen LogP) is 2.00. The molecule has 30 heavy (non-hydrogen) atoms. The van der Waals surface area contributed by atoms with Gasteiger partial charge in [-0.05, 0) is 42.5 Å². The van der Waals surface area contributed by atoms with Gasteiger partial charge < -0.3 is 20.9 Å². The fourth-order valence-electron chi connectivity index (χ4n) is 3.84. The van der Waals surface area contributed by atoms with E-state index in [2.05, 4.69) is 27.2 Å². The molecule has 4 rings (SSSR count). The molecule has 0 bridgehead atoms. The van der Waals surface area contributed by atoms with E-state index < -0.39 is 17.7 Å². The molecule has 9 nitrogen and oxygen atoms in total. The summed E-state index contributed by atoms with van der Waals surface area (Å²) < 4.78 is 0. The van der Waals surface area contributed by atoms with Gasteiger partial charge in [-0.2, -0.15) is 0 Å². The molecule has 1 saturated heterocycles. The Morgan fingerprint density at radius 1 is 1.20 bits per heavy atom. The first-order valence-corrected chi connectivity index (χ1v) is 9.72. The summed E-state index contributed by atoms with van der Waals surface area (Å²) in [5.41, 5.74) is 8.33. The summed E-state index contributed by atoms with van der Waals surface area (Å²) in [6.45, 7) is 2.55. The third-order valence-corrected chi connectivity index (χ3v) is 5.38. The van der Waals surface area contributed by atoms with Gasteiger partial charge in [0, 0.05) is 12.7 Å². The molecule has 0 saturated carbocycles. The van der Waals surface area contributed by atoms with Crippen molar-refractivity contribution in [3.8, 4) is 0 Å². The van der Waals surface area contributed by atoms with Crippen LogP contribution in [0.2, 0.25) is 0 Å². The number of nitrogens with one attached hydrogen (secondary N) is 2. The molecule has 0 radical (unpaired) electrons. The molecule has 1 aliphatic rings. The zero-order chi connectivity index (χ0) is 21.3. The number of aromatic nitrogens is 3. The van der Waals surface area contributed by atoms with Gasteiger partial charge in [0.1, 0.15) is 0 Å². The van der Waals surface area contributed by atoms with E-state index in [0.717, 1.165) is 29.4 Å². The van der Waals surface area contributed by atoms with E-state index in [1.165, 1.54) is 18.5 Å². The number of anilines is 1. The van der Waals surface area contributed by atoms with Gasteiger partial charge in [-0.15, -0.1) is 0 Å². The third kappa shape index (κ3) is 3.86. The smallest absolute Gasteiger partial charge is 0.313 e. The van der Waals surface area contributed by atoms with Gasteiger partial charge in [0.15, 0.2) is 0 Å². The van der Waals surface area contributed by atoms with E-state index in [1.54, 1.807) is 11.2 Å². The molecule has 1 fully saturated rings. The molecule has 3 heterocycles. The summed E-state index contributed by atoms with van der Waals surface area (Å²) in [5.74, 6) is -1.78. The zero-order valence-corrected chi connectivity index (χ0v) is 16.5. The highest BCUT2D eigenvalue weighted by Gasteiger charge is 2.34. The number of carbonyl (C=O) groups is 3. The van der Waals surface area contributed by atoms with Crippen LogP contribution in [0.25, 0.3) is 11.0 Å². The molecule has 0 spiro atoms. The van der Waals surface area contributed by atoms with Crippen LogP contribution in [0.4, 0.5) is 5.69 Å². The number of aromatic amines is 1. The second kappa shape index (κ2) is 7.94. The largest absolute Gasteiger partial charge is 0.366 e. The van der Waals surface area contributed by atoms with Crippen molar-refractivity contribution in [3.63, 3.8) is 0 Å². The van der Waals surface area contributed by atoms with Crippen LogP contribution >= 0.6 is 0 Å². The number of nitrogens with zero attached hydrogens (tertiary/aromatic N) is 3. The van der Waals surface area contributed by atoms with Crippen molar-refractivity contribution in [2.45, 2.75) is 25.8 Å². The minimum Gasteiger partial charge on any atom is -0.366 e. The maximum atomic E-state index is 13.0. The Morgan fingerprint density at radius 2 is 2.03 bits per heavy atom. The van der Waals surface area contributed by atoms with Crippen molar-refractivity contribution in [3.05, 3.63) is 54.1 Å². The molecule has 3 amide bonds. The van der Waals surface area contributed by atoms with Gasteiger partial charge in [-0.3, -0.25) is 19.4 Å². The Hall–Kier alpha value is -3.75. The van der Waals surface area contributed by atoms with Gasteiger partial charge >= 0.3 is 11.8 Å². The first-order valence-electron chi connectivity index (χ1n) is 9.72. The fourth-order valence-corrected chi connectivity index (χ4v) is 3.84. The van der Waals surface area contributed by atoms with Crippen molar-refractivity contribution in [2.75, 3.05) is 11.9 Å². The number of benzene rings is 1. The summed E-state index contributed by atoms with van der Waals surface area (Å²) in [4.78, 5) is 49.9. The number of imidazole rings is 1. The van der Waals surface area contributed by atoms with Crippen LogP contribution in [0, 0.1) is 5.92 Å². The van der Waals surface area contributed by atoms with Crippen molar-refractivity contribution in [2.24, 2.45) is 11.7 Å². The maximum absolute atomic E-state index is 13.0. The first-order chi connectivity index (χ1) is 14.4. The maximum Gasteiger partial charge on any atom is 0.313 e. The number of fused-ring (bicyclic) bond motifs is 1. The third-order valence-electron chi connectivity index (χ3n) is 5.38. The average Bonchev–Trinajstić information content (AvgIpc) is 3.21. The van der Waals surface area contributed by atoms with Crippen LogP contribution in [-0.4, -0.2) is 44.1 Å². The van der Waals surface area contributed by atoms with Gasteiger partial charge in [-0.25, -0.2) is 4.98 Å². The Morgan fingerprint density at radius 3 is 2.83 bits per heavy atom. The Bertz CT molecular complexity index is 1120. The molecule has 154 valence electrons. The molecular formula is C21H22N6O3. The number of primary amides is 1. The Kier molecular flexibility index (Phi) is 5.18. The van der Waals surface area contributed by atoms with Crippen molar-refractivity contribution < 1.29 is 14.4 Å². The number of amides is 3. The average molecular weight is 406 g/mol. The van der Waals surface area contributed by atoms with Crippen molar-refractivity contribution in [1.82, 2.24) is 19.9 Å². The van der Waals surface area contributed by atoms with E-state index in [9.17, 15) is 14.4 Å². The molecule has 4 N–H and O–H groups in total. The highest BCUT2D eigenvalue weighted by Crippen LogP contribution is 2.34. The molecule has 1 aromatic carbocycles. The lowest BCUT2D eigenvalue weighted by atomic mass is 9.89. The summed E-state index contributed by atoms with van der Waals surface area (Å²) in [5, 5.41) is 2.53. The number of piperidine rings is 1. The van der Waals surface area contributed by atoms with Gasteiger partial charge in [-0.1, -0.05) is 13.0 Å². The molecule has 2 aromatic heterocycles. The zero-order valence-electron chi connectivity index (χ0n) is 16.5. The number of pyridine rings is 1. The van der Waals surface area contributed by atoms with Gasteiger partial charge in [0.2, 0.25) is 5.91 Å². The summed E-state index contributed by atoms with van der Waals surface area (Å²) in [7, 11) is 0. The van der Waals surface area contributed by atoms with Gasteiger partial charge in [0.25, 0.3) is 0 Å². The second-order valence-corrected chi connectivity index (χ2v) is 7.62. The fraction of sp³-hybridized carbons (Fsp3) is 0.286. The molecule has 0 aliphatic carbocycles. The number of likely N-dealkylation sites (tertiary alicyclic amines) is 1. The molecular weight excluding hydrogens is 384 g/mol. The number of carbonyl (C=O) groups excluding carboxylic acids is 3. The quantitative estimate of drug-likeness (QED) is 0.572. The van der Waals surface area contributed by atoms with Crippen LogP contribution in [0.3, 0.4) is 0 Å². The number of rotatable bonds is 3. The summed E-state index contributed by atoms with van der Waals surface area (Å²) >= 11 is 0. The lowest BCUT2D eigenvalue weighted by Gasteiger charge is -2.38. The molecule has 1 aliphatic heterocycles. The second-order valence-electron chi connectivity index (χ2n) is 7.62. The van der Waals surface area contributed by atoms with E-state index in [1.807, 2.05) is 18.2 Å². The SMILES string of the molecule is C[C@@H]1CC[C@@H](c2ccc3nc[nH]c3c2)N(C(=O)C(=O)Nc2cncc(C(N)=O)c2)C1. The van der Waals surface area contributed by atoms with E-state index in [4.69, 9.17) is 5.73 Å². The van der Waals surface area contributed by atoms with Crippen molar-refractivity contribution in [1.29, 1.82) is 0 Å². The Labute approximate surface area is 172 Å². The van der Waals surface area contributed by atoms with E-state index >= 15 is 0 Å². The number of nitrogens with two attached hydrogens (primary N) is 1. The van der Waals surface area contributed by atoms with Crippen LogP contribution in [0.15, 0.2) is 43.0 Å². The predicted molar refractivity (Wildman–Crippen MR) is 110 cm³/mol. The monoisotopic (exact) mass is 406 g/mol. The summed E-state index contributed by atoms with van der Waals surface area (Å²) in [6, 6.07) is 7.01. The first kappa shape index (κ1) is 19.6. The molecule has 3 aromatic rings.